The Labute approximate surface area is 169 Å². The molecule has 0 aliphatic heterocycles. The molecule has 2 aromatic carbocycles. The number of hydrogen-bond acceptors (Lipinski definition) is 6. The molecule has 0 unspecified atom stereocenters. The summed E-state index contributed by atoms with van der Waals surface area (Å²) in [5, 5.41) is 5.89. The number of aryl methyl sites for hydroxylation is 3. The smallest absolute Gasteiger partial charge is 0.339 e. The van der Waals surface area contributed by atoms with E-state index in [4.69, 9.17) is 4.74 Å². The third kappa shape index (κ3) is 4.57. The van der Waals surface area contributed by atoms with Crippen LogP contribution < -0.4 is 10.6 Å². The zero-order valence-electron chi connectivity index (χ0n) is 16.7. The maximum Gasteiger partial charge on any atom is 0.339 e. The maximum atomic E-state index is 12.7. The molecule has 0 saturated heterocycles. The molecule has 0 atom stereocenters. The van der Waals surface area contributed by atoms with Crippen molar-refractivity contribution < 1.29 is 14.3 Å². The lowest BCUT2D eigenvalue weighted by Crippen LogP contribution is -2.16. The van der Waals surface area contributed by atoms with Crippen molar-refractivity contribution in [3.8, 4) is 0 Å². The number of anilines is 3. The van der Waals surface area contributed by atoms with Crippen LogP contribution >= 0.6 is 0 Å². The summed E-state index contributed by atoms with van der Waals surface area (Å²) in [6.45, 7) is 5.92. The van der Waals surface area contributed by atoms with E-state index in [2.05, 4.69) is 20.6 Å². The summed E-state index contributed by atoms with van der Waals surface area (Å²) in [6, 6.07) is 12.4. The first kappa shape index (κ1) is 20.0. The molecule has 0 spiro atoms. The first-order valence-electron chi connectivity index (χ1n) is 9.05. The van der Waals surface area contributed by atoms with Crippen molar-refractivity contribution in [1.82, 2.24) is 9.97 Å². The van der Waals surface area contributed by atoms with Crippen molar-refractivity contribution in [2.75, 3.05) is 17.7 Å². The fourth-order valence-corrected chi connectivity index (χ4v) is 3.10. The largest absolute Gasteiger partial charge is 0.465 e. The van der Waals surface area contributed by atoms with E-state index >= 15 is 0 Å². The Bertz CT molecular complexity index is 1060. The third-order valence-corrected chi connectivity index (χ3v) is 4.38. The number of aromatic nitrogens is 2. The van der Waals surface area contributed by atoms with Gasteiger partial charge in [0.2, 0.25) is 5.95 Å². The molecule has 7 heteroatoms. The van der Waals surface area contributed by atoms with Crippen LogP contribution in [0.15, 0.2) is 48.7 Å². The molecular formula is C22H22N4O3. The van der Waals surface area contributed by atoms with Gasteiger partial charge in [-0.1, -0.05) is 29.8 Å². The molecule has 2 N–H and O–H groups in total. The van der Waals surface area contributed by atoms with Crippen LogP contribution in [0.2, 0.25) is 0 Å². The maximum absolute atomic E-state index is 12.7. The second-order valence-electron chi connectivity index (χ2n) is 6.66. The van der Waals surface area contributed by atoms with Gasteiger partial charge in [-0.2, -0.15) is 0 Å². The molecule has 1 amide bonds. The van der Waals surface area contributed by atoms with Gasteiger partial charge in [0, 0.05) is 11.9 Å². The van der Waals surface area contributed by atoms with E-state index < -0.39 is 5.97 Å². The van der Waals surface area contributed by atoms with E-state index in [9.17, 15) is 9.59 Å². The Morgan fingerprint density at radius 1 is 1.00 bits per heavy atom. The molecule has 3 aromatic rings. The van der Waals surface area contributed by atoms with Gasteiger partial charge >= 0.3 is 5.97 Å². The molecule has 0 aliphatic carbocycles. The number of carbonyl (C=O) groups excluding carboxylic acids is 2. The number of benzene rings is 2. The fourth-order valence-electron chi connectivity index (χ4n) is 3.10. The lowest BCUT2D eigenvalue weighted by atomic mass is 10.1. The zero-order valence-corrected chi connectivity index (χ0v) is 16.7. The number of nitrogens with zero attached hydrogens (tertiary/aromatic N) is 2. The highest BCUT2D eigenvalue weighted by atomic mass is 16.5. The van der Waals surface area contributed by atoms with E-state index in [0.717, 1.165) is 22.4 Å². The van der Waals surface area contributed by atoms with E-state index in [-0.39, 0.29) is 17.5 Å². The van der Waals surface area contributed by atoms with Gasteiger partial charge in [0.25, 0.3) is 5.91 Å². The second kappa shape index (κ2) is 8.52. The SMILES string of the molecule is COC(=O)c1ccccc1Nc1nccc(C(=O)Nc2c(C)cc(C)cc2C)n1. The standard InChI is InChI=1S/C22H22N4O3/c1-13-11-14(2)19(15(3)12-13)26-20(27)18-9-10-23-22(25-18)24-17-8-6-5-7-16(17)21(28)29-4/h5-12H,1-4H3,(H,26,27)(H,23,24,25). The number of amides is 1. The number of rotatable bonds is 5. The Kier molecular flexibility index (Phi) is 5.87. The van der Waals surface area contributed by atoms with Gasteiger partial charge in [0.15, 0.2) is 0 Å². The van der Waals surface area contributed by atoms with Crippen molar-refractivity contribution in [2.45, 2.75) is 20.8 Å². The highest BCUT2D eigenvalue weighted by Gasteiger charge is 2.15. The van der Waals surface area contributed by atoms with Crippen LogP contribution in [0.4, 0.5) is 17.3 Å². The van der Waals surface area contributed by atoms with Crippen LogP contribution in [0.1, 0.15) is 37.5 Å². The van der Waals surface area contributed by atoms with Gasteiger partial charge in [0.1, 0.15) is 5.69 Å². The first-order chi connectivity index (χ1) is 13.9. The monoisotopic (exact) mass is 390 g/mol. The van der Waals surface area contributed by atoms with Crippen LogP contribution in [0.25, 0.3) is 0 Å². The summed E-state index contributed by atoms with van der Waals surface area (Å²) >= 11 is 0. The average Bonchev–Trinajstić information content (AvgIpc) is 2.70. The average molecular weight is 390 g/mol. The molecule has 3 rings (SSSR count). The van der Waals surface area contributed by atoms with Crippen molar-refractivity contribution in [3.63, 3.8) is 0 Å². The van der Waals surface area contributed by atoms with Gasteiger partial charge in [0.05, 0.1) is 18.4 Å². The minimum atomic E-state index is -0.479. The number of ether oxygens (including phenoxy) is 1. The summed E-state index contributed by atoms with van der Waals surface area (Å²) in [7, 11) is 1.32. The molecule has 0 fully saturated rings. The first-order valence-corrected chi connectivity index (χ1v) is 9.05. The zero-order chi connectivity index (χ0) is 21.0. The summed E-state index contributed by atoms with van der Waals surface area (Å²) < 4.78 is 4.79. The van der Waals surface area contributed by atoms with Gasteiger partial charge < -0.3 is 15.4 Å². The van der Waals surface area contributed by atoms with Crippen LogP contribution in [0.5, 0.6) is 0 Å². The molecule has 7 nitrogen and oxygen atoms in total. The van der Waals surface area contributed by atoms with Gasteiger partial charge in [-0.25, -0.2) is 14.8 Å². The number of para-hydroxylation sites is 1. The molecule has 0 saturated carbocycles. The van der Waals surface area contributed by atoms with Crippen LogP contribution in [0.3, 0.4) is 0 Å². The molecule has 1 aromatic heterocycles. The van der Waals surface area contributed by atoms with Gasteiger partial charge in [-0.05, 0) is 50.1 Å². The molecule has 0 bridgehead atoms. The third-order valence-electron chi connectivity index (χ3n) is 4.38. The van der Waals surface area contributed by atoms with Crippen molar-refractivity contribution in [2.24, 2.45) is 0 Å². The summed E-state index contributed by atoms with van der Waals surface area (Å²) in [6.07, 6.45) is 1.49. The number of nitrogens with one attached hydrogen (secondary N) is 2. The topological polar surface area (TPSA) is 93.2 Å². The van der Waals surface area contributed by atoms with Crippen molar-refractivity contribution in [3.05, 3.63) is 76.6 Å². The Hall–Kier alpha value is -3.74. The van der Waals surface area contributed by atoms with E-state index in [1.165, 1.54) is 19.4 Å². The predicted octanol–water partition coefficient (Wildman–Crippen LogP) is 4.18. The predicted molar refractivity (Wildman–Crippen MR) is 112 cm³/mol. The van der Waals surface area contributed by atoms with E-state index in [0.29, 0.717) is 11.3 Å². The number of methoxy groups -OCH3 is 1. The minimum absolute atomic E-state index is 0.200. The Morgan fingerprint density at radius 2 is 1.69 bits per heavy atom. The lowest BCUT2D eigenvalue weighted by molar-refractivity contribution is 0.0601. The second-order valence-corrected chi connectivity index (χ2v) is 6.66. The quantitative estimate of drug-likeness (QED) is 0.635. The normalized spacial score (nSPS) is 10.3. The fraction of sp³-hybridized carbons (Fsp3) is 0.182. The Morgan fingerprint density at radius 3 is 2.38 bits per heavy atom. The van der Waals surface area contributed by atoms with Crippen molar-refractivity contribution in [1.29, 1.82) is 0 Å². The van der Waals surface area contributed by atoms with E-state index in [1.807, 2.05) is 32.9 Å². The van der Waals surface area contributed by atoms with E-state index in [1.54, 1.807) is 24.3 Å². The van der Waals surface area contributed by atoms with Crippen LogP contribution in [-0.4, -0.2) is 29.0 Å². The lowest BCUT2D eigenvalue weighted by Gasteiger charge is -2.13. The molecule has 0 radical (unpaired) electrons. The van der Waals surface area contributed by atoms with Gasteiger partial charge in [-0.3, -0.25) is 4.79 Å². The number of esters is 1. The number of carbonyl (C=O) groups is 2. The molecule has 148 valence electrons. The number of hydrogen-bond donors (Lipinski definition) is 2. The summed E-state index contributed by atoms with van der Waals surface area (Å²) in [5.41, 5.74) is 4.91. The van der Waals surface area contributed by atoms with Crippen molar-refractivity contribution >= 4 is 29.2 Å². The molecule has 1 heterocycles. The summed E-state index contributed by atoms with van der Waals surface area (Å²) in [4.78, 5) is 33.1. The minimum Gasteiger partial charge on any atom is -0.465 e. The molecular weight excluding hydrogens is 368 g/mol. The molecule has 29 heavy (non-hydrogen) atoms. The highest BCUT2D eigenvalue weighted by molar-refractivity contribution is 6.04. The van der Waals surface area contributed by atoms with Crippen LogP contribution in [0, 0.1) is 20.8 Å². The van der Waals surface area contributed by atoms with Gasteiger partial charge in [-0.15, -0.1) is 0 Å². The highest BCUT2D eigenvalue weighted by Crippen LogP contribution is 2.23. The Balaban J connectivity index is 1.84. The molecule has 0 aliphatic rings. The summed E-state index contributed by atoms with van der Waals surface area (Å²) in [5.74, 6) is -0.620. The van der Waals surface area contributed by atoms with Crippen LogP contribution in [-0.2, 0) is 4.74 Å².